The molecule has 1 N–H and O–H groups in total. The molecule has 0 saturated heterocycles. The second kappa shape index (κ2) is 8.76. The zero-order valence-electron chi connectivity index (χ0n) is 14.9. The summed E-state index contributed by atoms with van der Waals surface area (Å²) >= 11 is 6.29. The summed E-state index contributed by atoms with van der Waals surface area (Å²) in [5.41, 5.74) is 2.03. The van der Waals surface area contributed by atoms with Gasteiger partial charge in [-0.1, -0.05) is 23.7 Å². The number of carbonyl (C=O) groups is 1. The number of aromatic nitrogens is 1. The first-order valence-corrected chi connectivity index (χ1v) is 8.64. The normalized spacial score (nSPS) is 10.6. The third kappa shape index (κ3) is 4.66. The summed E-state index contributed by atoms with van der Waals surface area (Å²) in [6.07, 6.45) is 0.849. The van der Waals surface area contributed by atoms with E-state index in [1.54, 1.807) is 12.1 Å². The first-order valence-electron chi connectivity index (χ1n) is 8.27. The van der Waals surface area contributed by atoms with Gasteiger partial charge >= 0.3 is 0 Å². The van der Waals surface area contributed by atoms with Gasteiger partial charge in [-0.15, -0.1) is 0 Å². The summed E-state index contributed by atoms with van der Waals surface area (Å²) in [4.78, 5) is 12.5. The van der Waals surface area contributed by atoms with Gasteiger partial charge in [0.2, 0.25) is 0 Å². The molecular weight excluding hydrogens is 344 g/mol. The molecule has 25 heavy (non-hydrogen) atoms. The topological polar surface area (TPSA) is 73.6 Å². The van der Waals surface area contributed by atoms with Gasteiger partial charge in [-0.3, -0.25) is 4.79 Å². The first kappa shape index (κ1) is 19.1. The lowest BCUT2D eigenvalue weighted by molar-refractivity contribution is 0.0950. The van der Waals surface area contributed by atoms with Crippen molar-refractivity contribution < 1.29 is 18.8 Å². The molecule has 0 atom stereocenters. The number of hydrogen-bond donors (Lipinski definition) is 1. The number of nitrogens with one attached hydrogen (secondary N) is 1. The zero-order chi connectivity index (χ0) is 18.4. The van der Waals surface area contributed by atoms with E-state index < -0.39 is 0 Å². The number of halogens is 1. The standard InChI is InChI=1S/C18H23ClN2O4/c1-5-7-24-17-15(19)8-13(9-16(17)23-6-2)18(22)20-10-14-11(3)21-25-12(14)4/h8-9H,5-7,10H2,1-4H3,(H,20,22). The molecule has 0 fully saturated rings. The van der Waals surface area contributed by atoms with Crippen LogP contribution in [0.3, 0.4) is 0 Å². The summed E-state index contributed by atoms with van der Waals surface area (Å²) in [7, 11) is 0. The summed E-state index contributed by atoms with van der Waals surface area (Å²) in [6.45, 7) is 8.82. The van der Waals surface area contributed by atoms with Crippen molar-refractivity contribution in [1.29, 1.82) is 0 Å². The van der Waals surface area contributed by atoms with Gasteiger partial charge in [0, 0.05) is 17.7 Å². The molecule has 7 heteroatoms. The van der Waals surface area contributed by atoms with Gasteiger partial charge in [-0.05, 0) is 39.3 Å². The van der Waals surface area contributed by atoms with E-state index in [2.05, 4.69) is 10.5 Å². The van der Waals surface area contributed by atoms with E-state index in [4.69, 9.17) is 25.6 Å². The Balaban J connectivity index is 2.18. The van der Waals surface area contributed by atoms with E-state index in [0.29, 0.717) is 47.6 Å². The van der Waals surface area contributed by atoms with Crippen LogP contribution in [0.5, 0.6) is 11.5 Å². The van der Waals surface area contributed by atoms with E-state index >= 15 is 0 Å². The Labute approximate surface area is 152 Å². The first-order chi connectivity index (χ1) is 12.0. The largest absolute Gasteiger partial charge is 0.490 e. The second-order valence-corrected chi connectivity index (χ2v) is 5.96. The van der Waals surface area contributed by atoms with Crippen LogP contribution in [0.4, 0.5) is 0 Å². The molecule has 0 bridgehead atoms. The Morgan fingerprint density at radius 2 is 2.04 bits per heavy atom. The predicted octanol–water partition coefficient (Wildman–Crippen LogP) is 4.06. The lowest BCUT2D eigenvalue weighted by Gasteiger charge is -2.15. The maximum atomic E-state index is 12.5. The molecule has 1 aromatic carbocycles. The Morgan fingerprint density at radius 1 is 1.28 bits per heavy atom. The molecule has 0 spiro atoms. The van der Waals surface area contributed by atoms with Crippen LogP contribution in [-0.4, -0.2) is 24.3 Å². The minimum Gasteiger partial charge on any atom is -0.490 e. The van der Waals surface area contributed by atoms with Crippen LogP contribution in [-0.2, 0) is 6.54 Å². The maximum absolute atomic E-state index is 12.5. The van der Waals surface area contributed by atoms with E-state index in [1.165, 1.54) is 0 Å². The van der Waals surface area contributed by atoms with Crippen molar-refractivity contribution in [3.8, 4) is 11.5 Å². The van der Waals surface area contributed by atoms with Crippen molar-refractivity contribution >= 4 is 17.5 Å². The Morgan fingerprint density at radius 3 is 2.64 bits per heavy atom. The van der Waals surface area contributed by atoms with Crippen LogP contribution < -0.4 is 14.8 Å². The molecular formula is C18H23ClN2O4. The van der Waals surface area contributed by atoms with Crippen LogP contribution in [0.1, 0.15) is 47.6 Å². The average molecular weight is 367 g/mol. The average Bonchev–Trinajstić information content (AvgIpc) is 2.90. The molecule has 6 nitrogen and oxygen atoms in total. The predicted molar refractivity (Wildman–Crippen MR) is 95.6 cm³/mol. The molecule has 136 valence electrons. The smallest absolute Gasteiger partial charge is 0.251 e. The van der Waals surface area contributed by atoms with Gasteiger partial charge in [0.1, 0.15) is 5.76 Å². The molecule has 1 aromatic heterocycles. The van der Waals surface area contributed by atoms with E-state index in [9.17, 15) is 4.79 Å². The maximum Gasteiger partial charge on any atom is 0.251 e. The van der Waals surface area contributed by atoms with Crippen molar-refractivity contribution in [1.82, 2.24) is 10.5 Å². The van der Waals surface area contributed by atoms with Crippen molar-refractivity contribution in [3.63, 3.8) is 0 Å². The Kier molecular flexibility index (Phi) is 6.70. The SMILES string of the molecule is CCCOc1c(Cl)cc(C(=O)NCc2c(C)noc2C)cc1OCC. The number of ether oxygens (including phenoxy) is 2. The quantitative estimate of drug-likeness (QED) is 0.762. The molecule has 0 radical (unpaired) electrons. The van der Waals surface area contributed by atoms with Gasteiger partial charge in [0.15, 0.2) is 11.5 Å². The van der Waals surface area contributed by atoms with Crippen molar-refractivity contribution in [2.24, 2.45) is 0 Å². The van der Waals surface area contributed by atoms with E-state index in [1.807, 2.05) is 27.7 Å². The van der Waals surface area contributed by atoms with Gasteiger partial charge < -0.3 is 19.3 Å². The summed E-state index contributed by atoms with van der Waals surface area (Å²) in [5, 5.41) is 7.07. The van der Waals surface area contributed by atoms with E-state index in [0.717, 1.165) is 17.7 Å². The lowest BCUT2D eigenvalue weighted by atomic mass is 10.1. The number of carbonyl (C=O) groups excluding carboxylic acids is 1. The summed E-state index contributed by atoms with van der Waals surface area (Å²) < 4.78 is 16.3. The monoisotopic (exact) mass is 366 g/mol. The van der Waals surface area contributed by atoms with Crippen molar-refractivity contribution in [2.75, 3.05) is 13.2 Å². The van der Waals surface area contributed by atoms with Crippen molar-refractivity contribution in [2.45, 2.75) is 40.7 Å². The fraction of sp³-hybridized carbons (Fsp3) is 0.444. The van der Waals surface area contributed by atoms with Gasteiger partial charge in [0.25, 0.3) is 5.91 Å². The molecule has 0 aliphatic carbocycles. The highest BCUT2D eigenvalue weighted by molar-refractivity contribution is 6.32. The highest BCUT2D eigenvalue weighted by Crippen LogP contribution is 2.36. The summed E-state index contributed by atoms with van der Waals surface area (Å²) in [5.74, 6) is 1.36. The molecule has 0 aliphatic rings. The number of amides is 1. The third-order valence-corrected chi connectivity index (χ3v) is 3.91. The number of aryl methyl sites for hydroxylation is 2. The number of rotatable bonds is 8. The minimum atomic E-state index is -0.259. The third-order valence-electron chi connectivity index (χ3n) is 3.63. The number of benzene rings is 1. The van der Waals surface area contributed by atoms with Crippen LogP contribution >= 0.6 is 11.6 Å². The number of nitrogens with zero attached hydrogens (tertiary/aromatic N) is 1. The highest BCUT2D eigenvalue weighted by atomic mass is 35.5. The fourth-order valence-electron chi connectivity index (χ4n) is 2.33. The molecule has 1 heterocycles. The van der Waals surface area contributed by atoms with Crippen molar-refractivity contribution in [3.05, 3.63) is 39.7 Å². The van der Waals surface area contributed by atoms with Gasteiger partial charge in [-0.2, -0.15) is 0 Å². The molecule has 0 saturated carbocycles. The van der Waals surface area contributed by atoms with Crippen LogP contribution in [0.2, 0.25) is 5.02 Å². The summed E-state index contributed by atoms with van der Waals surface area (Å²) in [6, 6.07) is 3.22. The minimum absolute atomic E-state index is 0.259. The molecule has 1 amide bonds. The zero-order valence-corrected chi connectivity index (χ0v) is 15.7. The Hall–Kier alpha value is -2.21. The van der Waals surface area contributed by atoms with Crippen LogP contribution in [0.25, 0.3) is 0 Å². The lowest BCUT2D eigenvalue weighted by Crippen LogP contribution is -2.23. The van der Waals surface area contributed by atoms with Crippen LogP contribution in [0.15, 0.2) is 16.7 Å². The molecule has 0 unspecified atom stereocenters. The van der Waals surface area contributed by atoms with Gasteiger partial charge in [0.05, 0.1) is 23.9 Å². The molecule has 2 rings (SSSR count). The molecule has 0 aliphatic heterocycles. The number of hydrogen-bond acceptors (Lipinski definition) is 5. The molecule has 2 aromatic rings. The van der Waals surface area contributed by atoms with Gasteiger partial charge in [-0.25, -0.2) is 0 Å². The Bertz CT molecular complexity index is 723. The fourth-order valence-corrected chi connectivity index (χ4v) is 2.60. The van der Waals surface area contributed by atoms with E-state index in [-0.39, 0.29) is 5.91 Å². The van der Waals surface area contributed by atoms with Crippen LogP contribution in [0, 0.1) is 13.8 Å². The highest BCUT2D eigenvalue weighted by Gasteiger charge is 2.17. The second-order valence-electron chi connectivity index (χ2n) is 5.55.